The monoisotopic (exact) mass is 289 g/mol. The molecule has 1 rings (SSSR count). The van der Waals surface area contributed by atoms with E-state index in [1.807, 2.05) is 0 Å². The number of nitrogens with zero attached hydrogens (tertiary/aromatic N) is 1. The first-order valence-electron chi connectivity index (χ1n) is 4.80. The van der Waals surface area contributed by atoms with E-state index < -0.39 is 11.4 Å². The van der Waals surface area contributed by atoms with Crippen molar-refractivity contribution in [2.24, 2.45) is 0 Å². The maximum absolute atomic E-state index is 12.7. The van der Waals surface area contributed by atoms with Crippen LogP contribution in [0.1, 0.15) is 26.5 Å². The number of pyridine rings is 1. The van der Waals surface area contributed by atoms with Crippen LogP contribution in [-0.2, 0) is 16.0 Å². The summed E-state index contributed by atoms with van der Waals surface area (Å²) in [6.07, 6.45) is 1.10. The molecule has 0 atom stereocenters. The third kappa shape index (κ3) is 4.26. The van der Waals surface area contributed by atoms with E-state index in [2.05, 4.69) is 20.9 Å². The number of ether oxygens (including phenoxy) is 1. The molecule has 1 heterocycles. The number of halogens is 2. The molecule has 88 valence electrons. The second kappa shape index (κ2) is 4.91. The second-order valence-corrected chi connectivity index (χ2v) is 5.20. The zero-order chi connectivity index (χ0) is 12.3. The van der Waals surface area contributed by atoms with Gasteiger partial charge in [0.05, 0.1) is 18.3 Å². The van der Waals surface area contributed by atoms with Crippen LogP contribution in [0.4, 0.5) is 4.39 Å². The smallest absolute Gasteiger partial charge is 0.312 e. The van der Waals surface area contributed by atoms with E-state index in [4.69, 9.17) is 4.74 Å². The number of carbonyl (C=O) groups is 1. The van der Waals surface area contributed by atoms with Crippen molar-refractivity contribution in [2.45, 2.75) is 32.8 Å². The molecule has 0 saturated carbocycles. The van der Waals surface area contributed by atoms with Gasteiger partial charge in [-0.3, -0.25) is 9.78 Å². The van der Waals surface area contributed by atoms with Crippen molar-refractivity contribution in [3.05, 3.63) is 28.2 Å². The molecule has 0 aliphatic heterocycles. The van der Waals surface area contributed by atoms with Gasteiger partial charge in [-0.05, 0) is 42.8 Å². The minimum absolute atomic E-state index is 0.0259. The standard InChI is InChI=1S/C11H13BrFNO2/c1-11(2,3)16-10(15)5-9-8(12)4-7(13)6-14-9/h4,6H,5H2,1-3H3. The van der Waals surface area contributed by atoms with Crippen LogP contribution in [0.2, 0.25) is 0 Å². The Balaban J connectivity index is 2.70. The lowest BCUT2D eigenvalue weighted by atomic mass is 10.2. The highest BCUT2D eigenvalue weighted by atomic mass is 79.9. The summed E-state index contributed by atoms with van der Waals surface area (Å²) in [5.74, 6) is -0.827. The topological polar surface area (TPSA) is 39.2 Å². The first-order valence-corrected chi connectivity index (χ1v) is 5.59. The summed E-state index contributed by atoms with van der Waals surface area (Å²) in [5.41, 5.74) is -0.0560. The van der Waals surface area contributed by atoms with Crippen molar-refractivity contribution in [2.75, 3.05) is 0 Å². The first kappa shape index (κ1) is 13.1. The molecule has 0 amide bonds. The molecule has 1 aromatic heterocycles. The summed E-state index contributed by atoms with van der Waals surface area (Å²) in [4.78, 5) is 15.3. The summed E-state index contributed by atoms with van der Waals surface area (Å²) in [7, 11) is 0. The third-order valence-electron chi connectivity index (χ3n) is 1.62. The van der Waals surface area contributed by atoms with Gasteiger partial charge in [0, 0.05) is 4.47 Å². The number of rotatable bonds is 2. The van der Waals surface area contributed by atoms with Crippen molar-refractivity contribution >= 4 is 21.9 Å². The van der Waals surface area contributed by atoms with Crippen molar-refractivity contribution in [3.8, 4) is 0 Å². The zero-order valence-corrected chi connectivity index (χ0v) is 11.0. The molecule has 0 saturated heterocycles. The number of esters is 1. The highest BCUT2D eigenvalue weighted by Crippen LogP contribution is 2.17. The fraction of sp³-hybridized carbons (Fsp3) is 0.455. The Morgan fingerprint density at radius 2 is 2.19 bits per heavy atom. The molecule has 0 fully saturated rings. The summed E-state index contributed by atoms with van der Waals surface area (Å²) in [5, 5.41) is 0. The predicted octanol–water partition coefficient (Wildman–Crippen LogP) is 2.87. The van der Waals surface area contributed by atoms with Gasteiger partial charge in [0.1, 0.15) is 11.4 Å². The Kier molecular flexibility index (Phi) is 4.02. The van der Waals surface area contributed by atoms with E-state index in [0.29, 0.717) is 10.2 Å². The Hall–Kier alpha value is -0.970. The lowest BCUT2D eigenvalue weighted by Crippen LogP contribution is -2.25. The molecule has 0 spiro atoms. The van der Waals surface area contributed by atoms with Crippen LogP contribution in [0, 0.1) is 5.82 Å². The van der Waals surface area contributed by atoms with E-state index in [0.717, 1.165) is 6.20 Å². The molecule has 0 bridgehead atoms. The van der Waals surface area contributed by atoms with Gasteiger partial charge >= 0.3 is 5.97 Å². The SMILES string of the molecule is CC(C)(C)OC(=O)Cc1ncc(F)cc1Br. The van der Waals surface area contributed by atoms with Crippen molar-refractivity contribution < 1.29 is 13.9 Å². The Morgan fingerprint density at radius 1 is 1.56 bits per heavy atom. The largest absolute Gasteiger partial charge is 0.460 e. The van der Waals surface area contributed by atoms with Crippen LogP contribution in [0.15, 0.2) is 16.7 Å². The molecular weight excluding hydrogens is 277 g/mol. The maximum Gasteiger partial charge on any atom is 0.312 e. The molecule has 0 N–H and O–H groups in total. The summed E-state index contributed by atoms with van der Waals surface area (Å²) >= 11 is 3.14. The van der Waals surface area contributed by atoms with Crippen molar-refractivity contribution in [3.63, 3.8) is 0 Å². The van der Waals surface area contributed by atoms with Crippen molar-refractivity contribution in [1.82, 2.24) is 4.98 Å². The van der Waals surface area contributed by atoms with Gasteiger partial charge < -0.3 is 4.74 Å². The van der Waals surface area contributed by atoms with Crippen molar-refractivity contribution in [1.29, 1.82) is 0 Å². The average Bonchev–Trinajstić information content (AvgIpc) is 2.06. The predicted molar refractivity (Wildman–Crippen MR) is 61.4 cm³/mol. The molecule has 0 unspecified atom stereocenters. The van der Waals surface area contributed by atoms with E-state index in [9.17, 15) is 9.18 Å². The number of carbonyl (C=O) groups excluding carboxylic acids is 1. The number of aromatic nitrogens is 1. The van der Waals surface area contributed by atoms with Gasteiger partial charge in [0.2, 0.25) is 0 Å². The summed E-state index contributed by atoms with van der Waals surface area (Å²) in [6, 6.07) is 1.27. The van der Waals surface area contributed by atoms with Crippen LogP contribution < -0.4 is 0 Å². The Bertz CT molecular complexity index is 401. The van der Waals surface area contributed by atoms with E-state index in [1.165, 1.54) is 6.07 Å². The van der Waals surface area contributed by atoms with Gasteiger partial charge in [0.25, 0.3) is 0 Å². The molecule has 1 aromatic rings. The van der Waals surface area contributed by atoms with Gasteiger partial charge in [-0.1, -0.05) is 0 Å². The Labute approximate surface area is 102 Å². The molecule has 16 heavy (non-hydrogen) atoms. The Morgan fingerprint density at radius 3 is 2.69 bits per heavy atom. The van der Waals surface area contributed by atoms with Gasteiger partial charge in [-0.25, -0.2) is 4.39 Å². The molecule has 5 heteroatoms. The van der Waals surface area contributed by atoms with Gasteiger partial charge in [-0.15, -0.1) is 0 Å². The molecule has 0 aliphatic rings. The average molecular weight is 290 g/mol. The normalized spacial score (nSPS) is 11.3. The van der Waals surface area contributed by atoms with Gasteiger partial charge in [0.15, 0.2) is 0 Å². The second-order valence-electron chi connectivity index (χ2n) is 4.35. The fourth-order valence-corrected chi connectivity index (χ4v) is 1.55. The van der Waals surface area contributed by atoms with Crippen LogP contribution in [0.5, 0.6) is 0 Å². The van der Waals surface area contributed by atoms with Crippen LogP contribution in [0.25, 0.3) is 0 Å². The molecule has 3 nitrogen and oxygen atoms in total. The van der Waals surface area contributed by atoms with E-state index in [1.54, 1.807) is 20.8 Å². The van der Waals surface area contributed by atoms with E-state index >= 15 is 0 Å². The third-order valence-corrected chi connectivity index (χ3v) is 2.30. The van der Waals surface area contributed by atoms with Crippen LogP contribution in [0.3, 0.4) is 0 Å². The summed E-state index contributed by atoms with van der Waals surface area (Å²) < 4.78 is 18.4. The lowest BCUT2D eigenvalue weighted by Gasteiger charge is -2.19. The maximum atomic E-state index is 12.7. The molecule has 0 aromatic carbocycles. The number of hydrogen-bond acceptors (Lipinski definition) is 3. The quantitative estimate of drug-likeness (QED) is 0.786. The minimum Gasteiger partial charge on any atom is -0.460 e. The minimum atomic E-state index is -0.524. The number of hydrogen-bond donors (Lipinski definition) is 0. The van der Waals surface area contributed by atoms with Gasteiger partial charge in [-0.2, -0.15) is 0 Å². The summed E-state index contributed by atoms with van der Waals surface area (Å²) in [6.45, 7) is 5.37. The highest BCUT2D eigenvalue weighted by molar-refractivity contribution is 9.10. The lowest BCUT2D eigenvalue weighted by molar-refractivity contribution is -0.154. The molecule has 0 radical (unpaired) electrons. The van der Waals surface area contributed by atoms with E-state index in [-0.39, 0.29) is 12.4 Å². The highest BCUT2D eigenvalue weighted by Gasteiger charge is 2.18. The zero-order valence-electron chi connectivity index (χ0n) is 9.38. The molecular formula is C11H13BrFNO2. The first-order chi connectivity index (χ1) is 7.28. The molecule has 0 aliphatic carbocycles. The fourth-order valence-electron chi connectivity index (χ4n) is 1.09. The van der Waals surface area contributed by atoms with Crippen LogP contribution >= 0.6 is 15.9 Å². The van der Waals surface area contributed by atoms with Crippen LogP contribution in [-0.4, -0.2) is 16.6 Å².